The molecule has 0 unspecified atom stereocenters. The standard InChI is InChI=1S/C19H19F2NO5S/c1-3-4-13-5-10-16(17(11-13)26-2)27-12-18(23)22-14-6-8-15(9-7-14)28(24,25)19(20)21/h3-11,19H,12H2,1-2H3,(H,22,23)/b4-3+. The van der Waals surface area contributed by atoms with E-state index < -0.39 is 26.4 Å². The highest BCUT2D eigenvalue weighted by Crippen LogP contribution is 2.28. The molecule has 150 valence electrons. The highest BCUT2D eigenvalue weighted by molar-refractivity contribution is 7.91. The van der Waals surface area contributed by atoms with E-state index in [0.717, 1.165) is 17.7 Å². The highest BCUT2D eigenvalue weighted by Gasteiger charge is 2.26. The Bertz CT molecular complexity index is 957. The Balaban J connectivity index is 1.99. The zero-order valence-electron chi connectivity index (χ0n) is 15.2. The molecule has 1 amide bonds. The molecule has 0 saturated heterocycles. The number of benzene rings is 2. The van der Waals surface area contributed by atoms with Crippen molar-refractivity contribution in [2.75, 3.05) is 19.0 Å². The second-order valence-corrected chi connectivity index (χ2v) is 7.49. The monoisotopic (exact) mass is 411 g/mol. The van der Waals surface area contributed by atoms with Crippen LogP contribution in [-0.2, 0) is 14.6 Å². The van der Waals surface area contributed by atoms with E-state index in [1.807, 2.05) is 19.1 Å². The molecule has 0 heterocycles. The number of hydrogen-bond acceptors (Lipinski definition) is 5. The van der Waals surface area contributed by atoms with Gasteiger partial charge in [0.1, 0.15) is 0 Å². The van der Waals surface area contributed by atoms with Crippen LogP contribution >= 0.6 is 0 Å². The number of sulfone groups is 1. The topological polar surface area (TPSA) is 81.7 Å². The Morgan fingerprint density at radius 1 is 1.14 bits per heavy atom. The van der Waals surface area contributed by atoms with E-state index in [9.17, 15) is 22.0 Å². The lowest BCUT2D eigenvalue weighted by atomic mass is 10.2. The van der Waals surface area contributed by atoms with E-state index in [1.165, 1.54) is 19.2 Å². The minimum Gasteiger partial charge on any atom is -0.493 e. The van der Waals surface area contributed by atoms with Crippen molar-refractivity contribution in [2.24, 2.45) is 0 Å². The molecule has 0 bridgehead atoms. The molecular formula is C19H19F2NO5S. The molecule has 0 atom stereocenters. The van der Waals surface area contributed by atoms with Gasteiger partial charge < -0.3 is 14.8 Å². The van der Waals surface area contributed by atoms with Gasteiger partial charge in [0.25, 0.3) is 5.91 Å². The van der Waals surface area contributed by atoms with Gasteiger partial charge >= 0.3 is 5.76 Å². The van der Waals surface area contributed by atoms with Gasteiger partial charge in [-0.1, -0.05) is 18.2 Å². The summed E-state index contributed by atoms with van der Waals surface area (Å²) in [6.07, 6.45) is 3.76. The van der Waals surface area contributed by atoms with Crippen molar-refractivity contribution in [3.05, 3.63) is 54.1 Å². The maximum absolute atomic E-state index is 12.5. The van der Waals surface area contributed by atoms with Crippen LogP contribution in [0.2, 0.25) is 0 Å². The molecular weight excluding hydrogens is 392 g/mol. The summed E-state index contributed by atoms with van der Waals surface area (Å²) in [7, 11) is -3.19. The smallest absolute Gasteiger partial charge is 0.341 e. The summed E-state index contributed by atoms with van der Waals surface area (Å²) >= 11 is 0. The van der Waals surface area contributed by atoms with E-state index in [0.29, 0.717) is 11.5 Å². The molecule has 0 aliphatic carbocycles. The summed E-state index contributed by atoms with van der Waals surface area (Å²) in [5.74, 6) is -3.17. The molecule has 0 aliphatic rings. The second kappa shape index (κ2) is 9.32. The number of alkyl halides is 2. The average molecular weight is 411 g/mol. The molecule has 2 rings (SSSR count). The zero-order chi connectivity index (χ0) is 20.7. The fraction of sp³-hybridized carbons (Fsp3) is 0.211. The summed E-state index contributed by atoms with van der Waals surface area (Å²) in [5.41, 5.74) is 1.16. The second-order valence-electron chi connectivity index (χ2n) is 5.58. The SMILES string of the molecule is C/C=C/c1ccc(OCC(=O)Nc2ccc(S(=O)(=O)C(F)F)cc2)c(OC)c1. The molecule has 0 radical (unpaired) electrons. The molecule has 2 aromatic carbocycles. The maximum Gasteiger partial charge on any atom is 0.341 e. The molecule has 0 aliphatic heterocycles. The minimum atomic E-state index is -4.67. The predicted molar refractivity (Wildman–Crippen MR) is 101 cm³/mol. The van der Waals surface area contributed by atoms with Crippen LogP contribution in [0.25, 0.3) is 6.08 Å². The average Bonchev–Trinajstić information content (AvgIpc) is 2.67. The van der Waals surface area contributed by atoms with Gasteiger partial charge in [-0.05, 0) is 48.9 Å². The number of allylic oxidation sites excluding steroid dienone is 1. The van der Waals surface area contributed by atoms with Crippen LogP contribution in [0.15, 0.2) is 53.4 Å². The Morgan fingerprint density at radius 3 is 2.39 bits per heavy atom. The Labute approximate surface area is 161 Å². The van der Waals surface area contributed by atoms with E-state index in [4.69, 9.17) is 9.47 Å². The molecule has 6 nitrogen and oxygen atoms in total. The summed E-state index contributed by atoms with van der Waals surface area (Å²) in [6.45, 7) is 1.56. The lowest BCUT2D eigenvalue weighted by Crippen LogP contribution is -2.20. The molecule has 0 spiro atoms. The number of nitrogens with one attached hydrogen (secondary N) is 1. The van der Waals surface area contributed by atoms with Gasteiger partial charge in [-0.25, -0.2) is 8.42 Å². The van der Waals surface area contributed by atoms with Crippen molar-refractivity contribution in [3.63, 3.8) is 0 Å². The largest absolute Gasteiger partial charge is 0.493 e. The summed E-state index contributed by atoms with van der Waals surface area (Å²) in [6, 6.07) is 9.68. The third-order valence-corrected chi connectivity index (χ3v) is 5.01. The maximum atomic E-state index is 12.5. The first-order chi connectivity index (χ1) is 13.3. The first-order valence-corrected chi connectivity index (χ1v) is 9.68. The minimum absolute atomic E-state index is 0.247. The quantitative estimate of drug-likeness (QED) is 0.716. The van der Waals surface area contributed by atoms with Crippen molar-refractivity contribution in [1.82, 2.24) is 0 Å². The summed E-state index contributed by atoms with van der Waals surface area (Å²) in [4.78, 5) is 11.5. The lowest BCUT2D eigenvalue weighted by Gasteiger charge is -2.12. The first kappa shape index (κ1) is 21.4. The van der Waals surface area contributed by atoms with Crippen molar-refractivity contribution in [3.8, 4) is 11.5 Å². The number of anilines is 1. The highest BCUT2D eigenvalue weighted by atomic mass is 32.2. The molecule has 0 fully saturated rings. The molecule has 0 saturated carbocycles. The normalized spacial score (nSPS) is 11.6. The summed E-state index contributed by atoms with van der Waals surface area (Å²) < 4.78 is 58.5. The van der Waals surface area contributed by atoms with Crippen LogP contribution in [0.5, 0.6) is 11.5 Å². The fourth-order valence-electron chi connectivity index (χ4n) is 2.27. The van der Waals surface area contributed by atoms with Crippen LogP contribution in [0.1, 0.15) is 12.5 Å². The van der Waals surface area contributed by atoms with Crippen molar-refractivity contribution >= 4 is 27.5 Å². The Hall–Kier alpha value is -2.94. The van der Waals surface area contributed by atoms with Gasteiger partial charge in [0, 0.05) is 5.69 Å². The number of methoxy groups -OCH3 is 1. The third-order valence-electron chi connectivity index (χ3n) is 3.61. The van der Waals surface area contributed by atoms with Gasteiger partial charge in [-0.15, -0.1) is 0 Å². The van der Waals surface area contributed by atoms with Crippen molar-refractivity contribution < 1.29 is 31.5 Å². The van der Waals surface area contributed by atoms with Crippen LogP contribution in [0.4, 0.5) is 14.5 Å². The molecule has 9 heteroatoms. The molecule has 1 N–H and O–H groups in total. The fourth-order valence-corrected chi connectivity index (χ4v) is 2.99. The molecule has 0 aromatic heterocycles. The van der Waals surface area contributed by atoms with Crippen LogP contribution in [0.3, 0.4) is 0 Å². The molecule has 28 heavy (non-hydrogen) atoms. The van der Waals surface area contributed by atoms with E-state index in [1.54, 1.807) is 18.2 Å². The van der Waals surface area contributed by atoms with E-state index in [-0.39, 0.29) is 12.3 Å². The number of amides is 1. The lowest BCUT2D eigenvalue weighted by molar-refractivity contribution is -0.118. The number of carbonyl (C=O) groups excluding carboxylic acids is 1. The van der Waals surface area contributed by atoms with Gasteiger partial charge in [0.2, 0.25) is 9.84 Å². The molecule has 2 aromatic rings. The van der Waals surface area contributed by atoms with Gasteiger partial charge in [-0.2, -0.15) is 8.78 Å². The van der Waals surface area contributed by atoms with E-state index in [2.05, 4.69) is 5.32 Å². The zero-order valence-corrected chi connectivity index (χ0v) is 16.0. The number of rotatable bonds is 8. The summed E-state index contributed by atoms with van der Waals surface area (Å²) in [5, 5.41) is 2.49. The van der Waals surface area contributed by atoms with Crippen molar-refractivity contribution in [1.29, 1.82) is 0 Å². The van der Waals surface area contributed by atoms with Crippen LogP contribution in [-0.4, -0.2) is 33.8 Å². The number of hydrogen-bond donors (Lipinski definition) is 1. The first-order valence-electron chi connectivity index (χ1n) is 8.13. The third kappa shape index (κ3) is 5.29. The van der Waals surface area contributed by atoms with Crippen LogP contribution in [0, 0.1) is 0 Å². The number of halogens is 2. The van der Waals surface area contributed by atoms with Gasteiger partial charge in [0.05, 0.1) is 12.0 Å². The van der Waals surface area contributed by atoms with Gasteiger partial charge in [0.15, 0.2) is 18.1 Å². The van der Waals surface area contributed by atoms with Gasteiger partial charge in [-0.3, -0.25) is 4.79 Å². The Morgan fingerprint density at radius 2 is 1.82 bits per heavy atom. The van der Waals surface area contributed by atoms with Crippen molar-refractivity contribution in [2.45, 2.75) is 17.6 Å². The Kier molecular flexibility index (Phi) is 7.11. The van der Waals surface area contributed by atoms with Crippen LogP contribution < -0.4 is 14.8 Å². The number of carbonyl (C=O) groups is 1. The predicted octanol–water partition coefficient (Wildman–Crippen LogP) is 3.74. The van der Waals surface area contributed by atoms with E-state index >= 15 is 0 Å². The number of ether oxygens (including phenoxy) is 2.